The molecule has 9 heteroatoms. The summed E-state index contributed by atoms with van der Waals surface area (Å²) in [7, 11) is 0. The van der Waals surface area contributed by atoms with E-state index >= 15 is 0 Å². The van der Waals surface area contributed by atoms with E-state index in [1.165, 1.54) is 0 Å². The van der Waals surface area contributed by atoms with Crippen molar-refractivity contribution in [3.8, 4) is 0 Å². The molecule has 0 aliphatic rings. The van der Waals surface area contributed by atoms with Crippen molar-refractivity contribution in [1.29, 1.82) is 0 Å². The Morgan fingerprint density at radius 3 is 1.85 bits per heavy atom. The van der Waals surface area contributed by atoms with Crippen molar-refractivity contribution >= 4 is 24.1 Å². The maximum Gasteiger partial charge on any atom is 0.508 e. The predicted octanol–water partition coefficient (Wildman–Crippen LogP) is 4.59. The fourth-order valence-electron chi connectivity index (χ4n) is 2.60. The van der Waals surface area contributed by atoms with E-state index in [1.54, 1.807) is 34.6 Å². The van der Waals surface area contributed by atoms with Crippen LogP contribution in [-0.2, 0) is 38.1 Å². The third kappa shape index (κ3) is 11.9. The Kier molecular flexibility index (Phi) is 13.7. The molecule has 192 valence electrons. The number of esters is 3. The van der Waals surface area contributed by atoms with Crippen LogP contribution in [0.1, 0.15) is 87.5 Å². The molecule has 0 heterocycles. The Labute approximate surface area is 197 Å². The van der Waals surface area contributed by atoms with Gasteiger partial charge in [-0.2, -0.15) is 0 Å². The molecule has 0 radical (unpaired) electrons. The minimum atomic E-state index is -2.24. The van der Waals surface area contributed by atoms with Crippen molar-refractivity contribution in [3.63, 3.8) is 0 Å². The van der Waals surface area contributed by atoms with E-state index in [1.807, 2.05) is 20.8 Å². The van der Waals surface area contributed by atoms with Crippen LogP contribution in [0.5, 0.6) is 0 Å². The highest BCUT2D eigenvalue weighted by Gasteiger charge is 2.57. The first-order valence-corrected chi connectivity index (χ1v) is 11.7. The molecule has 0 aliphatic heterocycles. The summed E-state index contributed by atoms with van der Waals surface area (Å²) >= 11 is 0. The molecule has 0 aromatic rings. The number of unbranched alkanes of at least 4 members (excludes halogenated alkanes) is 2. The van der Waals surface area contributed by atoms with Crippen LogP contribution in [0, 0.1) is 11.3 Å². The number of ether oxygens (including phenoxy) is 5. The van der Waals surface area contributed by atoms with Gasteiger partial charge < -0.3 is 23.7 Å². The fourth-order valence-corrected chi connectivity index (χ4v) is 2.60. The van der Waals surface area contributed by atoms with Gasteiger partial charge in [-0.1, -0.05) is 27.2 Å². The van der Waals surface area contributed by atoms with Gasteiger partial charge in [0.15, 0.2) is 0 Å². The van der Waals surface area contributed by atoms with Crippen LogP contribution in [0.4, 0.5) is 4.79 Å². The smallest absolute Gasteiger partial charge is 0.464 e. The zero-order valence-corrected chi connectivity index (χ0v) is 21.5. The highest BCUT2D eigenvalue weighted by atomic mass is 16.7. The lowest BCUT2D eigenvalue weighted by atomic mass is 9.82. The normalized spacial score (nSPS) is 13.3. The van der Waals surface area contributed by atoms with Crippen molar-refractivity contribution in [1.82, 2.24) is 0 Å². The second-order valence-corrected chi connectivity index (χ2v) is 9.61. The summed E-state index contributed by atoms with van der Waals surface area (Å²) in [4.78, 5) is 50.8. The van der Waals surface area contributed by atoms with E-state index in [2.05, 4.69) is 0 Å². The molecule has 0 aromatic carbocycles. The molecule has 1 unspecified atom stereocenters. The summed E-state index contributed by atoms with van der Waals surface area (Å²) in [5.41, 5.74) is -2.92. The van der Waals surface area contributed by atoms with Crippen LogP contribution in [0.2, 0.25) is 0 Å². The molecular weight excluding hydrogens is 432 g/mol. The largest absolute Gasteiger partial charge is 0.508 e. The molecule has 0 amide bonds. The first-order valence-electron chi connectivity index (χ1n) is 11.7. The van der Waals surface area contributed by atoms with Crippen LogP contribution >= 0.6 is 0 Å². The molecule has 9 nitrogen and oxygen atoms in total. The lowest BCUT2D eigenvalue weighted by molar-refractivity contribution is -0.187. The zero-order valence-electron chi connectivity index (χ0n) is 21.5. The average Bonchev–Trinajstić information content (AvgIpc) is 2.67. The fraction of sp³-hybridized carbons (Fsp3) is 0.833. The first kappa shape index (κ1) is 30.7. The summed E-state index contributed by atoms with van der Waals surface area (Å²) in [6.07, 6.45) is 0.295. The quantitative estimate of drug-likeness (QED) is 0.154. The first-order chi connectivity index (χ1) is 15.3. The molecule has 0 rings (SSSR count). The number of rotatable bonds is 14. The summed E-state index contributed by atoms with van der Waals surface area (Å²) in [6, 6.07) is 0. The van der Waals surface area contributed by atoms with Gasteiger partial charge in [0.25, 0.3) is 5.41 Å². The molecule has 0 aromatic heterocycles. The summed E-state index contributed by atoms with van der Waals surface area (Å²) < 4.78 is 26.0. The Morgan fingerprint density at radius 1 is 0.758 bits per heavy atom. The monoisotopic (exact) mass is 474 g/mol. The highest BCUT2D eigenvalue weighted by molar-refractivity contribution is 6.18. The Bertz CT molecular complexity index is 634. The molecule has 33 heavy (non-hydrogen) atoms. The van der Waals surface area contributed by atoms with E-state index < -0.39 is 41.2 Å². The van der Waals surface area contributed by atoms with Crippen molar-refractivity contribution in [3.05, 3.63) is 0 Å². The maximum absolute atomic E-state index is 13.1. The topological polar surface area (TPSA) is 114 Å². The van der Waals surface area contributed by atoms with Gasteiger partial charge in [0.2, 0.25) is 0 Å². The van der Waals surface area contributed by atoms with E-state index in [0.29, 0.717) is 6.42 Å². The standard InChI is InChI=1S/C24H42O9/c1-9-10-14-29-19(25)24(21(27)32-18(4)5,20(26)31-16-17(2)3)13-11-12-15-30-22(28)33-23(6,7)8/h17-18H,9-16H2,1-8H3. The van der Waals surface area contributed by atoms with Gasteiger partial charge >= 0.3 is 24.1 Å². The third-order valence-corrected chi connectivity index (χ3v) is 4.22. The van der Waals surface area contributed by atoms with Crippen LogP contribution < -0.4 is 0 Å². The van der Waals surface area contributed by atoms with Gasteiger partial charge in [-0.3, -0.25) is 14.4 Å². The van der Waals surface area contributed by atoms with Crippen molar-refractivity contribution in [2.75, 3.05) is 19.8 Å². The van der Waals surface area contributed by atoms with E-state index in [9.17, 15) is 19.2 Å². The number of hydrogen-bond donors (Lipinski definition) is 0. The Morgan fingerprint density at radius 2 is 1.33 bits per heavy atom. The number of carbonyl (C=O) groups excluding carboxylic acids is 4. The molecule has 0 saturated heterocycles. The summed E-state index contributed by atoms with van der Waals surface area (Å²) in [6.45, 7) is 14.1. The number of hydrogen-bond acceptors (Lipinski definition) is 9. The number of carbonyl (C=O) groups is 4. The second kappa shape index (κ2) is 14.8. The van der Waals surface area contributed by atoms with Crippen molar-refractivity contribution in [2.24, 2.45) is 11.3 Å². The van der Waals surface area contributed by atoms with Crippen molar-refractivity contribution in [2.45, 2.75) is 99.2 Å². The van der Waals surface area contributed by atoms with Gasteiger partial charge in [-0.05, 0) is 66.2 Å². The SMILES string of the molecule is CCCCOC(=O)C(CCCCOC(=O)OC(C)(C)C)(C(=O)OCC(C)C)C(=O)OC(C)C. The van der Waals surface area contributed by atoms with Gasteiger partial charge in [-0.25, -0.2) is 4.79 Å². The lowest BCUT2D eigenvalue weighted by Gasteiger charge is -2.28. The minimum absolute atomic E-state index is 0.00382. The molecule has 0 saturated carbocycles. The maximum atomic E-state index is 13.1. The summed E-state index contributed by atoms with van der Waals surface area (Å²) in [5.74, 6) is -2.97. The predicted molar refractivity (Wildman–Crippen MR) is 121 cm³/mol. The van der Waals surface area contributed by atoms with Crippen LogP contribution in [0.15, 0.2) is 0 Å². The van der Waals surface area contributed by atoms with E-state index in [-0.39, 0.29) is 45.0 Å². The molecular formula is C24H42O9. The van der Waals surface area contributed by atoms with Gasteiger partial charge in [0.1, 0.15) is 5.60 Å². The summed E-state index contributed by atoms with van der Waals surface area (Å²) in [5, 5.41) is 0. The molecule has 0 spiro atoms. The minimum Gasteiger partial charge on any atom is -0.464 e. The van der Waals surface area contributed by atoms with Gasteiger partial charge in [0.05, 0.1) is 25.9 Å². The third-order valence-electron chi connectivity index (χ3n) is 4.22. The molecule has 0 N–H and O–H groups in total. The highest BCUT2D eigenvalue weighted by Crippen LogP contribution is 2.32. The lowest BCUT2D eigenvalue weighted by Crippen LogP contribution is -2.50. The van der Waals surface area contributed by atoms with Gasteiger partial charge in [-0.15, -0.1) is 0 Å². The second-order valence-electron chi connectivity index (χ2n) is 9.61. The average molecular weight is 475 g/mol. The van der Waals surface area contributed by atoms with Crippen LogP contribution in [-0.4, -0.2) is 55.6 Å². The van der Waals surface area contributed by atoms with Crippen LogP contribution in [0.25, 0.3) is 0 Å². The van der Waals surface area contributed by atoms with Gasteiger partial charge in [0, 0.05) is 0 Å². The molecule has 0 fully saturated rings. The Hall–Kier alpha value is -2.32. The molecule has 1 atom stereocenters. The Balaban J connectivity index is 5.50. The van der Waals surface area contributed by atoms with Crippen LogP contribution in [0.3, 0.4) is 0 Å². The molecule has 0 bridgehead atoms. The van der Waals surface area contributed by atoms with Crippen molar-refractivity contribution < 1.29 is 42.9 Å². The molecule has 0 aliphatic carbocycles. The van der Waals surface area contributed by atoms with E-state index in [0.717, 1.165) is 6.42 Å². The van der Waals surface area contributed by atoms with E-state index in [4.69, 9.17) is 23.7 Å². The zero-order chi connectivity index (χ0) is 25.7.